The van der Waals surface area contributed by atoms with E-state index in [1.54, 1.807) is 29.7 Å². The van der Waals surface area contributed by atoms with Crippen molar-refractivity contribution in [3.8, 4) is 0 Å². The summed E-state index contributed by atoms with van der Waals surface area (Å²) in [6, 6.07) is 16.8. The van der Waals surface area contributed by atoms with Crippen LogP contribution in [0.1, 0.15) is 39.7 Å². The molecule has 0 fully saturated rings. The summed E-state index contributed by atoms with van der Waals surface area (Å²) in [5, 5.41) is 3.58. The van der Waals surface area contributed by atoms with E-state index in [9.17, 15) is 9.59 Å². The molecule has 2 aromatic carbocycles. The van der Waals surface area contributed by atoms with Gasteiger partial charge in [-0.25, -0.2) is 0 Å². The molecule has 6 heteroatoms. The van der Waals surface area contributed by atoms with Gasteiger partial charge >= 0.3 is 0 Å². The summed E-state index contributed by atoms with van der Waals surface area (Å²) in [4.78, 5) is 28.5. The topological polar surface area (TPSA) is 49.4 Å². The molecule has 0 bridgehead atoms. The monoisotopic (exact) mass is 432 g/mol. The van der Waals surface area contributed by atoms with E-state index in [-0.39, 0.29) is 17.4 Å². The Labute approximate surface area is 183 Å². The summed E-state index contributed by atoms with van der Waals surface area (Å²) >= 11 is 7.74. The first-order chi connectivity index (χ1) is 13.7. The number of benzene rings is 2. The van der Waals surface area contributed by atoms with Crippen LogP contribution in [0.15, 0.2) is 59.5 Å². The van der Waals surface area contributed by atoms with E-state index >= 15 is 0 Å². The minimum Gasteiger partial charge on any atom is -0.350 e. The quantitative estimate of drug-likeness (QED) is 0.586. The number of hydrogen-bond donors (Lipinski definition) is 1. The van der Waals surface area contributed by atoms with Crippen LogP contribution in [0.2, 0.25) is 5.02 Å². The summed E-state index contributed by atoms with van der Waals surface area (Å²) in [6.45, 7) is 7.90. The summed E-state index contributed by atoms with van der Waals surface area (Å²) in [7, 11) is 0. The van der Waals surface area contributed by atoms with Gasteiger partial charge in [0.25, 0.3) is 0 Å². The fourth-order valence-electron chi connectivity index (χ4n) is 2.81. The van der Waals surface area contributed by atoms with Crippen LogP contribution in [-0.4, -0.2) is 34.0 Å². The zero-order chi connectivity index (χ0) is 21.4. The second kappa shape index (κ2) is 10.7. The van der Waals surface area contributed by atoms with Gasteiger partial charge in [0.05, 0.1) is 0 Å². The molecule has 2 amide bonds. The molecular formula is C23H29ClN2O2S. The highest BCUT2D eigenvalue weighted by Crippen LogP contribution is 2.20. The smallest absolute Gasteiger partial charge is 0.242 e. The molecule has 29 heavy (non-hydrogen) atoms. The molecule has 4 nitrogen and oxygen atoms in total. The molecule has 1 unspecified atom stereocenters. The van der Waals surface area contributed by atoms with Crippen LogP contribution in [0.5, 0.6) is 0 Å². The predicted octanol–water partition coefficient (Wildman–Crippen LogP) is 5.15. The SMILES string of the molecule is CC(C(=O)NC(C)(C)C)N(Cc1cccc(Cl)c1)C(=O)CCSc1ccccc1. The number of hydrogen-bond acceptors (Lipinski definition) is 3. The maximum atomic E-state index is 13.0. The Kier molecular flexibility index (Phi) is 8.60. The van der Waals surface area contributed by atoms with Crippen molar-refractivity contribution < 1.29 is 9.59 Å². The van der Waals surface area contributed by atoms with Gasteiger partial charge in [0.1, 0.15) is 6.04 Å². The van der Waals surface area contributed by atoms with Crippen molar-refractivity contribution in [1.82, 2.24) is 10.2 Å². The van der Waals surface area contributed by atoms with Crippen LogP contribution in [0.3, 0.4) is 0 Å². The molecular weight excluding hydrogens is 404 g/mol. The summed E-state index contributed by atoms with van der Waals surface area (Å²) in [5.41, 5.74) is 0.538. The lowest BCUT2D eigenvalue weighted by atomic mass is 10.1. The van der Waals surface area contributed by atoms with Gasteiger partial charge < -0.3 is 10.2 Å². The van der Waals surface area contributed by atoms with Crippen LogP contribution < -0.4 is 5.32 Å². The van der Waals surface area contributed by atoms with E-state index < -0.39 is 6.04 Å². The second-order valence-corrected chi connectivity index (χ2v) is 9.58. The Morgan fingerprint density at radius 3 is 2.41 bits per heavy atom. The second-order valence-electron chi connectivity index (χ2n) is 7.98. The van der Waals surface area contributed by atoms with Gasteiger partial charge in [0.2, 0.25) is 11.8 Å². The molecule has 0 radical (unpaired) electrons. The molecule has 0 spiro atoms. The molecule has 0 aliphatic carbocycles. The van der Waals surface area contributed by atoms with E-state index in [2.05, 4.69) is 5.32 Å². The lowest BCUT2D eigenvalue weighted by molar-refractivity contribution is -0.140. The number of thioether (sulfide) groups is 1. The molecule has 2 rings (SSSR count). The zero-order valence-electron chi connectivity index (χ0n) is 17.4. The highest BCUT2D eigenvalue weighted by molar-refractivity contribution is 7.99. The third-order valence-electron chi connectivity index (χ3n) is 4.24. The van der Waals surface area contributed by atoms with Crippen LogP contribution in [0, 0.1) is 0 Å². The van der Waals surface area contributed by atoms with Gasteiger partial charge in [-0.3, -0.25) is 9.59 Å². The van der Waals surface area contributed by atoms with Crippen molar-refractivity contribution >= 4 is 35.2 Å². The first kappa shape index (κ1) is 23.3. The third kappa shape index (κ3) is 8.11. The lowest BCUT2D eigenvalue weighted by Gasteiger charge is -2.31. The number of rotatable bonds is 8. The minimum absolute atomic E-state index is 0.0510. The molecule has 156 valence electrons. The van der Waals surface area contributed by atoms with Gasteiger partial charge in [-0.05, 0) is 57.5 Å². The molecule has 0 aromatic heterocycles. The minimum atomic E-state index is -0.581. The summed E-state index contributed by atoms with van der Waals surface area (Å²) < 4.78 is 0. The van der Waals surface area contributed by atoms with Crippen molar-refractivity contribution in [2.45, 2.75) is 57.1 Å². The Hall–Kier alpha value is -1.98. The first-order valence-electron chi connectivity index (χ1n) is 9.69. The van der Waals surface area contributed by atoms with Crippen molar-refractivity contribution in [2.75, 3.05) is 5.75 Å². The maximum absolute atomic E-state index is 13.0. The van der Waals surface area contributed by atoms with Gasteiger partial charge in [-0.1, -0.05) is 41.9 Å². The van der Waals surface area contributed by atoms with Crippen LogP contribution >= 0.6 is 23.4 Å². The molecule has 1 atom stereocenters. The van der Waals surface area contributed by atoms with Crippen LogP contribution in [0.4, 0.5) is 0 Å². The molecule has 0 aliphatic heterocycles. The van der Waals surface area contributed by atoms with Gasteiger partial charge in [0, 0.05) is 34.2 Å². The average Bonchev–Trinajstić information content (AvgIpc) is 2.65. The Morgan fingerprint density at radius 2 is 1.79 bits per heavy atom. The van der Waals surface area contributed by atoms with Crippen LogP contribution in [0.25, 0.3) is 0 Å². The fourth-order valence-corrected chi connectivity index (χ4v) is 3.88. The number of carbonyl (C=O) groups is 2. The molecule has 2 aromatic rings. The Morgan fingerprint density at radius 1 is 1.10 bits per heavy atom. The molecule has 0 aliphatic rings. The fraction of sp³-hybridized carbons (Fsp3) is 0.391. The normalized spacial score (nSPS) is 12.3. The standard InChI is InChI=1S/C23H29ClN2O2S/c1-17(22(28)25-23(2,3)4)26(16-18-9-8-10-19(24)15-18)21(27)13-14-29-20-11-6-5-7-12-20/h5-12,15,17H,13-14,16H2,1-4H3,(H,25,28). The van der Waals surface area contributed by atoms with E-state index in [0.29, 0.717) is 23.7 Å². The largest absolute Gasteiger partial charge is 0.350 e. The Bertz CT molecular complexity index is 821. The highest BCUT2D eigenvalue weighted by atomic mass is 35.5. The number of nitrogens with zero attached hydrogens (tertiary/aromatic N) is 1. The van der Waals surface area contributed by atoms with Crippen molar-refractivity contribution in [2.24, 2.45) is 0 Å². The van der Waals surface area contributed by atoms with E-state index in [1.807, 2.05) is 69.3 Å². The molecule has 0 heterocycles. The van der Waals surface area contributed by atoms with Crippen molar-refractivity contribution in [3.63, 3.8) is 0 Å². The maximum Gasteiger partial charge on any atom is 0.242 e. The first-order valence-corrected chi connectivity index (χ1v) is 11.1. The van der Waals surface area contributed by atoms with Crippen molar-refractivity contribution in [3.05, 3.63) is 65.2 Å². The number of nitrogens with one attached hydrogen (secondary N) is 1. The zero-order valence-corrected chi connectivity index (χ0v) is 19.0. The number of carbonyl (C=O) groups excluding carboxylic acids is 2. The lowest BCUT2D eigenvalue weighted by Crippen LogP contribution is -2.52. The summed E-state index contributed by atoms with van der Waals surface area (Å²) in [5.74, 6) is 0.441. The summed E-state index contributed by atoms with van der Waals surface area (Å²) in [6.07, 6.45) is 0.354. The third-order valence-corrected chi connectivity index (χ3v) is 5.48. The van der Waals surface area contributed by atoms with Gasteiger partial charge in [-0.2, -0.15) is 0 Å². The Balaban J connectivity index is 2.09. The van der Waals surface area contributed by atoms with Gasteiger partial charge in [-0.15, -0.1) is 11.8 Å². The molecule has 0 saturated carbocycles. The van der Waals surface area contributed by atoms with E-state index in [0.717, 1.165) is 10.5 Å². The molecule has 1 N–H and O–H groups in total. The number of halogens is 1. The van der Waals surface area contributed by atoms with E-state index in [4.69, 9.17) is 11.6 Å². The number of amides is 2. The van der Waals surface area contributed by atoms with Gasteiger partial charge in [0.15, 0.2) is 0 Å². The predicted molar refractivity (Wildman–Crippen MR) is 121 cm³/mol. The van der Waals surface area contributed by atoms with E-state index in [1.165, 1.54) is 0 Å². The van der Waals surface area contributed by atoms with Crippen molar-refractivity contribution in [1.29, 1.82) is 0 Å². The molecule has 0 saturated heterocycles. The highest BCUT2D eigenvalue weighted by Gasteiger charge is 2.28. The average molecular weight is 433 g/mol. The van der Waals surface area contributed by atoms with Crippen LogP contribution in [-0.2, 0) is 16.1 Å².